The number of hydrogen-bond donors (Lipinski definition) is 0. The van der Waals surface area contributed by atoms with Crippen LogP contribution in [-0.4, -0.2) is 87.3 Å². The number of ether oxygens (including phenoxy) is 4. The van der Waals surface area contributed by atoms with Crippen molar-refractivity contribution in [3.8, 4) is 23.0 Å². The Balaban J connectivity index is 1.38. The maximum absolute atomic E-state index is 13.0. The van der Waals surface area contributed by atoms with Crippen LogP contribution < -0.4 is 0 Å². The zero-order chi connectivity index (χ0) is 30.1. The predicted octanol–water partition coefficient (Wildman–Crippen LogP) is 4.32. The normalized spacial score (nSPS) is 25.1. The molecule has 222 valence electrons. The third kappa shape index (κ3) is 6.05. The third-order valence-electron chi connectivity index (χ3n) is 7.04. The number of thioether (sulfide) groups is 1. The van der Waals surface area contributed by atoms with E-state index in [1.165, 1.54) is 34.2 Å². The van der Waals surface area contributed by atoms with Gasteiger partial charge in [-0.25, -0.2) is 14.6 Å². The summed E-state index contributed by atoms with van der Waals surface area (Å²) < 4.78 is 27.1. The molecule has 0 saturated carbocycles. The first-order valence-corrected chi connectivity index (χ1v) is 15.4. The summed E-state index contributed by atoms with van der Waals surface area (Å²) in [4.78, 5) is 23.8. The molecule has 6 atom stereocenters. The van der Waals surface area contributed by atoms with Crippen molar-refractivity contribution in [2.75, 3.05) is 27.8 Å². The smallest absolute Gasteiger partial charge is 0.273 e. The van der Waals surface area contributed by atoms with Gasteiger partial charge in [-0.3, -0.25) is 4.79 Å². The Morgan fingerprint density at radius 2 is 2.09 bits per heavy atom. The van der Waals surface area contributed by atoms with E-state index in [4.69, 9.17) is 37.0 Å². The molecule has 2 aliphatic rings. The number of terminal acetylenes is 1. The number of amides is 1. The molecule has 0 N–H and O–H groups in total. The van der Waals surface area contributed by atoms with Crippen LogP contribution in [0.5, 0.6) is 0 Å². The molecule has 0 bridgehead atoms. The number of rotatable bonds is 7. The van der Waals surface area contributed by atoms with Gasteiger partial charge in [0.2, 0.25) is 0 Å². The van der Waals surface area contributed by atoms with E-state index >= 15 is 0 Å². The summed E-state index contributed by atoms with van der Waals surface area (Å²) in [7, 11) is 4.94. The van der Waals surface area contributed by atoms with Crippen molar-refractivity contribution in [1.29, 1.82) is 0 Å². The van der Waals surface area contributed by atoms with Crippen molar-refractivity contribution < 1.29 is 23.7 Å². The number of carbonyl (C=O) groups is 1. The molecule has 11 nitrogen and oxygen atoms in total. The summed E-state index contributed by atoms with van der Waals surface area (Å²) in [5, 5.41) is 11.6. The summed E-state index contributed by atoms with van der Waals surface area (Å²) >= 11 is 8.75. The Morgan fingerprint density at radius 3 is 2.79 bits per heavy atom. The first-order valence-electron chi connectivity index (χ1n) is 13.2. The highest BCUT2D eigenvalue weighted by Crippen LogP contribution is 2.45. The van der Waals surface area contributed by atoms with Gasteiger partial charge >= 0.3 is 0 Å². The Kier molecular flexibility index (Phi) is 8.78. The minimum atomic E-state index is -0.623. The highest BCUT2D eigenvalue weighted by atomic mass is 35.5. The van der Waals surface area contributed by atoms with Gasteiger partial charge in [-0.2, -0.15) is 0 Å². The summed E-state index contributed by atoms with van der Waals surface area (Å²) in [6.45, 7) is 0.254. The van der Waals surface area contributed by atoms with E-state index in [-0.39, 0.29) is 18.2 Å². The van der Waals surface area contributed by atoms with Crippen molar-refractivity contribution in [2.45, 2.75) is 41.0 Å². The summed E-state index contributed by atoms with van der Waals surface area (Å²) in [6, 6.07) is 11.0. The molecule has 4 unspecified atom stereocenters. The highest BCUT2D eigenvalue weighted by Gasteiger charge is 2.52. The largest absolute Gasteiger partial charge is 0.375 e. The van der Waals surface area contributed by atoms with Crippen LogP contribution in [0.15, 0.2) is 59.1 Å². The lowest BCUT2D eigenvalue weighted by molar-refractivity contribution is -0.308. The van der Waals surface area contributed by atoms with Gasteiger partial charge < -0.3 is 23.8 Å². The Morgan fingerprint density at radius 1 is 1.28 bits per heavy atom. The molecule has 1 aromatic carbocycles. The van der Waals surface area contributed by atoms with Gasteiger partial charge in [-0.1, -0.05) is 64.8 Å². The number of methoxy groups -OCH3 is 1. The van der Waals surface area contributed by atoms with Crippen molar-refractivity contribution in [1.82, 2.24) is 29.9 Å². The number of pyridine rings is 1. The van der Waals surface area contributed by atoms with Crippen LogP contribution in [-0.2, 0) is 18.9 Å². The van der Waals surface area contributed by atoms with Gasteiger partial charge in [0.05, 0.1) is 12.8 Å². The van der Waals surface area contributed by atoms with Crippen molar-refractivity contribution in [2.24, 2.45) is 0 Å². The topological polar surface area (TPSA) is 114 Å². The van der Waals surface area contributed by atoms with E-state index in [9.17, 15) is 4.79 Å². The first kappa shape index (κ1) is 29.7. The van der Waals surface area contributed by atoms with Gasteiger partial charge in [0.1, 0.15) is 51.3 Å². The maximum atomic E-state index is 13.0. The van der Waals surface area contributed by atoms with E-state index in [2.05, 4.69) is 26.2 Å². The van der Waals surface area contributed by atoms with Gasteiger partial charge in [0, 0.05) is 48.8 Å². The van der Waals surface area contributed by atoms with Crippen LogP contribution in [0, 0.1) is 12.3 Å². The van der Waals surface area contributed by atoms with E-state index < -0.39 is 36.1 Å². The molecule has 0 radical (unpaired) electrons. The molecule has 6 rings (SSSR count). The minimum Gasteiger partial charge on any atom is -0.375 e. The lowest BCUT2D eigenvalue weighted by Crippen LogP contribution is -2.59. The van der Waals surface area contributed by atoms with Crippen molar-refractivity contribution in [3.05, 3.63) is 76.1 Å². The molecule has 1 amide bonds. The number of carbonyl (C=O) groups excluding carboxylic acids is 1. The predicted molar refractivity (Wildman–Crippen MR) is 161 cm³/mol. The van der Waals surface area contributed by atoms with Crippen LogP contribution in [0.4, 0.5) is 0 Å². The van der Waals surface area contributed by atoms with E-state index in [0.29, 0.717) is 26.3 Å². The number of benzene rings is 1. The number of thiazole rings is 1. The summed E-state index contributed by atoms with van der Waals surface area (Å²) in [5.74, 6) is 2.34. The third-order valence-corrected chi connectivity index (χ3v) is 9.40. The highest BCUT2D eigenvalue weighted by molar-refractivity contribution is 8.00. The van der Waals surface area contributed by atoms with E-state index in [0.717, 1.165) is 5.56 Å². The second kappa shape index (κ2) is 12.7. The number of hydrogen-bond acceptors (Lipinski definition) is 11. The lowest BCUT2D eigenvalue weighted by Gasteiger charge is -2.48. The quantitative estimate of drug-likeness (QED) is 0.271. The molecule has 2 fully saturated rings. The van der Waals surface area contributed by atoms with E-state index in [1.54, 1.807) is 43.5 Å². The molecule has 4 aromatic rings. The van der Waals surface area contributed by atoms with E-state index in [1.807, 2.05) is 30.3 Å². The molecular formula is C29H27ClN6O5S2. The monoisotopic (exact) mass is 638 g/mol. The first-order chi connectivity index (χ1) is 20.9. The Bertz CT molecular complexity index is 1640. The Hall–Kier alpha value is -3.35. The SMILES string of the molecule is C#Cc1cnc(C(=O)N(C)C)c(S[C@H]2OC3COC(c4ccccc4)O[C@@H]3C(n3cc(-c4nc(Cl)cs4)nn3)C2OC)c1. The molecule has 0 spiro atoms. The number of nitrogens with zero attached hydrogens (tertiary/aromatic N) is 6. The Labute approximate surface area is 261 Å². The molecular weight excluding hydrogens is 612 g/mol. The standard InChI is InChI=1S/C29H27ClN6O5S2/c1-5-16-11-20(22(31-12-16)27(37)35(2)3)43-29-25(38-4)23(36-13-18(33-34-36)26-32-21(30)15-42-26)24-19(40-29)14-39-28(41-24)17-9-7-6-8-10-17/h1,6-13,15,19,23-25,28-29H,14H2,2-4H3/t19?,23?,24-,25?,28?,29+/m0/s1. The second-order valence-electron chi connectivity index (χ2n) is 10.0. The molecule has 3 aromatic heterocycles. The fourth-order valence-corrected chi connectivity index (χ4v) is 7.19. The van der Waals surface area contributed by atoms with Gasteiger partial charge in [-0.05, 0) is 6.07 Å². The number of halogens is 1. The minimum absolute atomic E-state index is 0.254. The summed E-state index contributed by atoms with van der Waals surface area (Å²) in [6.07, 6.45) is 6.75. The maximum Gasteiger partial charge on any atom is 0.273 e. The van der Waals surface area contributed by atoms with Crippen LogP contribution in [0.3, 0.4) is 0 Å². The van der Waals surface area contributed by atoms with Crippen molar-refractivity contribution >= 4 is 40.6 Å². The molecule has 2 saturated heterocycles. The van der Waals surface area contributed by atoms with Gasteiger partial charge in [0.25, 0.3) is 5.91 Å². The zero-order valence-corrected chi connectivity index (χ0v) is 25.8. The molecule has 0 aliphatic carbocycles. The van der Waals surface area contributed by atoms with Crippen molar-refractivity contribution in [3.63, 3.8) is 0 Å². The van der Waals surface area contributed by atoms with Gasteiger partial charge in [0.15, 0.2) is 6.29 Å². The second-order valence-corrected chi connectivity index (χ2v) is 12.4. The lowest BCUT2D eigenvalue weighted by atomic mass is 9.96. The molecule has 14 heteroatoms. The molecule has 43 heavy (non-hydrogen) atoms. The van der Waals surface area contributed by atoms with Gasteiger partial charge in [-0.15, -0.1) is 22.9 Å². The van der Waals surface area contributed by atoms with Crippen LogP contribution in [0.25, 0.3) is 10.7 Å². The summed E-state index contributed by atoms with van der Waals surface area (Å²) in [5.41, 5.74) is 1.62. The number of aromatic nitrogens is 5. The fraction of sp³-hybridized carbons (Fsp3) is 0.345. The average Bonchev–Trinajstić information content (AvgIpc) is 3.69. The molecule has 2 aliphatic heterocycles. The zero-order valence-electron chi connectivity index (χ0n) is 23.4. The van der Waals surface area contributed by atoms with Crippen LogP contribution >= 0.6 is 34.7 Å². The average molecular weight is 639 g/mol. The number of fused-ring (bicyclic) bond motifs is 1. The fourth-order valence-electron chi connectivity index (χ4n) is 5.00. The van der Waals surface area contributed by atoms with Crippen LogP contribution in [0.2, 0.25) is 5.15 Å². The van der Waals surface area contributed by atoms with Crippen LogP contribution in [0.1, 0.15) is 33.9 Å². The molecule has 5 heterocycles.